The van der Waals surface area contributed by atoms with Gasteiger partial charge in [0.25, 0.3) is 5.85 Å². The fraction of sp³-hybridized carbons (Fsp3) is 0.688. The van der Waals surface area contributed by atoms with Gasteiger partial charge >= 0.3 is 23.5 Å². The molecule has 0 aliphatic carbocycles. The number of ether oxygens (including phenoxy) is 1. The first kappa shape index (κ1) is 31.0. The number of halogens is 1. The molecule has 7 N–H and O–H groups in total. The van der Waals surface area contributed by atoms with E-state index in [0.717, 1.165) is 0 Å². The fourth-order valence-electron chi connectivity index (χ4n) is 3.34. The zero-order chi connectivity index (χ0) is 27.5. The molecular weight excluding hydrogens is 552 g/mol. The maximum Gasteiger partial charge on any atom is 0.490 e. The molecule has 0 spiro atoms. The van der Waals surface area contributed by atoms with Gasteiger partial charge < -0.3 is 35.2 Å². The first-order valence-electron chi connectivity index (χ1n) is 10.3. The van der Waals surface area contributed by atoms with Crippen LogP contribution in [0.1, 0.15) is 32.4 Å². The molecule has 20 heteroatoms. The third kappa shape index (κ3) is 8.69. The van der Waals surface area contributed by atoms with Gasteiger partial charge in [-0.05, 0) is 25.7 Å². The maximum atomic E-state index is 15.3. The molecule has 36 heavy (non-hydrogen) atoms. The summed E-state index contributed by atoms with van der Waals surface area (Å²) in [5, 5.41) is 10.3. The number of nitrogen functional groups attached to an aromatic ring is 1. The molecule has 0 saturated carbocycles. The Morgan fingerprint density at radius 1 is 1.25 bits per heavy atom. The molecule has 0 aromatic carbocycles. The number of hydrogen-bond acceptors (Lipinski definition) is 12. The second-order valence-corrected chi connectivity index (χ2v) is 12.4. The first-order valence-corrected chi connectivity index (χ1v) is 14.8. The van der Waals surface area contributed by atoms with E-state index in [4.69, 9.17) is 20.3 Å². The summed E-state index contributed by atoms with van der Waals surface area (Å²) in [5.74, 6) is -3.96. The fourth-order valence-corrected chi connectivity index (χ4v) is 6.37. The molecule has 0 radical (unpaired) electrons. The lowest BCUT2D eigenvalue weighted by atomic mass is 9.90. The lowest BCUT2D eigenvalue weighted by molar-refractivity contribution is -0.194. The summed E-state index contributed by atoms with van der Waals surface area (Å²) in [6, 6.07) is 0. The Hall–Kier alpha value is -1.19. The second kappa shape index (κ2) is 11.7. The molecule has 0 bridgehead atoms. The van der Waals surface area contributed by atoms with E-state index >= 15 is 4.39 Å². The number of aryl methyl sites for hydroxylation is 1. The smallest absolute Gasteiger partial charge is 0.387 e. The van der Waals surface area contributed by atoms with Crippen LogP contribution in [0.5, 0.6) is 0 Å². The highest BCUT2D eigenvalue weighted by Crippen LogP contribution is 2.66. The second-order valence-electron chi connectivity index (χ2n) is 7.99. The molecule has 1 fully saturated rings. The van der Waals surface area contributed by atoms with Crippen molar-refractivity contribution in [1.82, 2.24) is 9.97 Å². The number of nitrogens with zero attached hydrogens (tertiary/aromatic N) is 3. The monoisotopic (exact) mass is 580 g/mol. The number of aliphatic hydroxyl groups excluding tert-OH is 1. The van der Waals surface area contributed by atoms with E-state index in [0.29, 0.717) is 17.8 Å². The Kier molecular flexibility index (Phi) is 10.1. The van der Waals surface area contributed by atoms with Crippen LogP contribution < -0.4 is 5.73 Å². The molecule has 1 aromatic heterocycles. The van der Waals surface area contributed by atoms with Crippen LogP contribution in [0.25, 0.3) is 0 Å². The predicted octanol–water partition coefficient (Wildman–Crippen LogP) is 1.89. The van der Waals surface area contributed by atoms with Crippen molar-refractivity contribution in [1.29, 1.82) is 0 Å². The standard InChI is InChI=1S/C16H28FN4O12P3/c1-4-11(6-19-13-10(3)20-8-21-15(13)18)5-12-9(2)14(22)16(17,31-12)7-30-35(26,27)33-36(28,29)32-34(23,24)25/h6,8-9,11-12,14,22H,4-5,7H2,1-3H3,(H,26,27)(H,28,29)(H2,18,20,21)(H2,23,24,25). The number of anilines is 1. The number of aliphatic hydroxyl groups is 1. The zero-order valence-electron chi connectivity index (χ0n) is 19.3. The zero-order valence-corrected chi connectivity index (χ0v) is 22.0. The molecule has 7 atom stereocenters. The van der Waals surface area contributed by atoms with Crippen molar-refractivity contribution in [3.05, 3.63) is 12.0 Å². The summed E-state index contributed by atoms with van der Waals surface area (Å²) < 4.78 is 66.0. The molecule has 0 amide bonds. The molecule has 2 heterocycles. The summed E-state index contributed by atoms with van der Waals surface area (Å²) in [7, 11) is -17.0. The number of phosphoric acid groups is 3. The highest BCUT2D eigenvalue weighted by Gasteiger charge is 2.55. The molecule has 1 saturated heterocycles. The quantitative estimate of drug-likeness (QED) is 0.152. The molecule has 1 aliphatic rings. The number of aliphatic imine (C=N–C) groups is 1. The highest BCUT2D eigenvalue weighted by atomic mass is 31.3. The molecule has 2 rings (SSSR count). The lowest BCUT2D eigenvalue weighted by Gasteiger charge is -2.25. The van der Waals surface area contributed by atoms with Gasteiger partial charge in [-0.25, -0.2) is 28.1 Å². The van der Waals surface area contributed by atoms with E-state index in [1.165, 1.54) is 13.3 Å². The van der Waals surface area contributed by atoms with Gasteiger partial charge in [0.1, 0.15) is 24.7 Å². The van der Waals surface area contributed by atoms with Crippen molar-refractivity contribution in [3.8, 4) is 0 Å². The number of nitrogens with two attached hydrogens (primary N) is 1. The van der Waals surface area contributed by atoms with Gasteiger partial charge in [0.15, 0.2) is 5.82 Å². The Morgan fingerprint density at radius 2 is 1.89 bits per heavy atom. The summed E-state index contributed by atoms with van der Waals surface area (Å²) in [5.41, 5.74) is 6.72. The van der Waals surface area contributed by atoms with Crippen LogP contribution in [-0.4, -0.2) is 65.5 Å². The van der Waals surface area contributed by atoms with Gasteiger partial charge in [-0.3, -0.25) is 9.52 Å². The topological polar surface area (TPSA) is 253 Å². The van der Waals surface area contributed by atoms with Crippen molar-refractivity contribution in [2.24, 2.45) is 16.8 Å². The van der Waals surface area contributed by atoms with Crippen LogP contribution in [0.15, 0.2) is 11.3 Å². The van der Waals surface area contributed by atoms with Crippen LogP contribution >= 0.6 is 23.5 Å². The Bertz CT molecular complexity index is 1090. The van der Waals surface area contributed by atoms with Gasteiger partial charge in [0.05, 0.1) is 11.8 Å². The van der Waals surface area contributed by atoms with E-state index < -0.39 is 54.1 Å². The molecule has 206 valence electrons. The summed E-state index contributed by atoms with van der Waals surface area (Å²) in [4.78, 5) is 48.0. The molecule has 7 unspecified atom stereocenters. The van der Waals surface area contributed by atoms with E-state index in [1.54, 1.807) is 13.1 Å². The van der Waals surface area contributed by atoms with Crippen LogP contribution in [0.2, 0.25) is 0 Å². The number of alkyl halides is 1. The molecule has 16 nitrogen and oxygen atoms in total. The number of hydrogen-bond donors (Lipinski definition) is 6. The van der Waals surface area contributed by atoms with E-state index in [1.807, 2.05) is 6.92 Å². The van der Waals surface area contributed by atoms with Gasteiger partial charge in [-0.1, -0.05) is 13.8 Å². The normalized spacial score (nSPS) is 29.2. The lowest BCUT2D eigenvalue weighted by Crippen LogP contribution is -2.40. The van der Waals surface area contributed by atoms with E-state index in [9.17, 15) is 28.6 Å². The summed E-state index contributed by atoms with van der Waals surface area (Å²) >= 11 is 0. The van der Waals surface area contributed by atoms with Gasteiger partial charge in [0.2, 0.25) is 0 Å². The van der Waals surface area contributed by atoms with Gasteiger partial charge in [-0.2, -0.15) is 8.62 Å². The predicted molar refractivity (Wildman–Crippen MR) is 121 cm³/mol. The Morgan fingerprint density at radius 3 is 2.44 bits per heavy atom. The summed E-state index contributed by atoms with van der Waals surface area (Å²) in [6.45, 7) is 3.57. The number of phosphoric ester groups is 1. The third-order valence-corrected chi connectivity index (χ3v) is 9.00. The average Bonchev–Trinajstić information content (AvgIpc) is 2.92. The largest absolute Gasteiger partial charge is 0.490 e. The van der Waals surface area contributed by atoms with Crippen LogP contribution in [0, 0.1) is 18.8 Å². The third-order valence-electron chi connectivity index (χ3n) is 5.22. The van der Waals surface area contributed by atoms with Crippen molar-refractivity contribution >= 4 is 41.2 Å². The molecule has 1 aromatic rings. The van der Waals surface area contributed by atoms with E-state index in [-0.39, 0.29) is 18.2 Å². The van der Waals surface area contributed by atoms with Crippen LogP contribution in [0.3, 0.4) is 0 Å². The number of aromatic nitrogens is 2. The minimum absolute atomic E-state index is 0.170. The first-order chi connectivity index (χ1) is 16.4. The van der Waals surface area contributed by atoms with E-state index in [2.05, 4.69) is 28.1 Å². The average molecular weight is 580 g/mol. The van der Waals surface area contributed by atoms with Gasteiger partial charge in [-0.15, -0.1) is 0 Å². The summed E-state index contributed by atoms with van der Waals surface area (Å²) in [6.07, 6.45) is 0.820. The SMILES string of the molecule is CCC(C=Nc1c(C)ncnc1N)CC1OC(F)(COP(=O)(O)OP(=O)(O)OP(=O)(O)O)C(O)C1C. The van der Waals surface area contributed by atoms with Crippen molar-refractivity contribution in [2.75, 3.05) is 12.3 Å². The van der Waals surface area contributed by atoms with Crippen LogP contribution in [-0.2, 0) is 31.6 Å². The van der Waals surface area contributed by atoms with Gasteiger partial charge in [0, 0.05) is 12.1 Å². The minimum atomic E-state index is -5.78. The minimum Gasteiger partial charge on any atom is -0.387 e. The Labute approximate surface area is 205 Å². The van der Waals surface area contributed by atoms with Crippen molar-refractivity contribution < 1.29 is 60.6 Å². The van der Waals surface area contributed by atoms with Crippen molar-refractivity contribution in [3.63, 3.8) is 0 Å². The Balaban J connectivity index is 2.06. The molecule has 1 aliphatic heterocycles. The van der Waals surface area contributed by atoms with Crippen molar-refractivity contribution in [2.45, 2.75) is 51.7 Å². The number of rotatable bonds is 12. The maximum absolute atomic E-state index is 15.3. The molecular formula is C16H28FN4O12P3. The van der Waals surface area contributed by atoms with Crippen LogP contribution in [0.4, 0.5) is 15.9 Å². The highest BCUT2D eigenvalue weighted by molar-refractivity contribution is 7.66.